The minimum atomic E-state index is -3.70. The van der Waals surface area contributed by atoms with Gasteiger partial charge >= 0.3 is 0 Å². The number of aromatic hydroxyl groups is 1. The van der Waals surface area contributed by atoms with Crippen molar-refractivity contribution >= 4 is 21.9 Å². The lowest BCUT2D eigenvalue weighted by molar-refractivity contribution is 0.190. The van der Waals surface area contributed by atoms with Crippen molar-refractivity contribution in [2.24, 2.45) is 9.50 Å². The van der Waals surface area contributed by atoms with Gasteiger partial charge in [0.05, 0.1) is 30.0 Å². The van der Waals surface area contributed by atoms with Gasteiger partial charge in [0, 0.05) is 19.3 Å². The van der Waals surface area contributed by atoms with Gasteiger partial charge in [-0.3, -0.25) is 0 Å². The molecule has 148 valence electrons. The highest BCUT2D eigenvalue weighted by Crippen LogP contribution is 2.28. The van der Waals surface area contributed by atoms with E-state index in [0.717, 1.165) is 0 Å². The van der Waals surface area contributed by atoms with Crippen LogP contribution in [0.25, 0.3) is 0 Å². The van der Waals surface area contributed by atoms with E-state index in [0.29, 0.717) is 35.6 Å². The number of ether oxygens (including phenoxy) is 2. The van der Waals surface area contributed by atoms with Crippen LogP contribution < -0.4 is 10.2 Å². The largest absolute Gasteiger partial charge is 0.504 e. The molecular weight excluding hydrogens is 382 g/mol. The molecular formula is C19H21N3O5S. The van der Waals surface area contributed by atoms with Crippen molar-refractivity contribution in [1.29, 1.82) is 0 Å². The van der Waals surface area contributed by atoms with E-state index >= 15 is 0 Å². The Balaban J connectivity index is 1.84. The van der Waals surface area contributed by atoms with Crippen molar-refractivity contribution in [2.75, 3.05) is 20.8 Å². The van der Waals surface area contributed by atoms with Gasteiger partial charge in [-0.25, -0.2) is 0 Å². The van der Waals surface area contributed by atoms with Crippen LogP contribution >= 0.6 is 0 Å². The molecule has 0 spiro atoms. The molecule has 2 aromatic carbocycles. The fourth-order valence-electron chi connectivity index (χ4n) is 2.86. The van der Waals surface area contributed by atoms with Crippen molar-refractivity contribution in [2.45, 2.75) is 17.4 Å². The maximum absolute atomic E-state index is 12.3. The molecule has 0 aromatic heterocycles. The fraction of sp³-hybridized carbons (Fsp3) is 0.263. The Morgan fingerprint density at radius 1 is 1.25 bits per heavy atom. The summed E-state index contributed by atoms with van der Waals surface area (Å²) >= 11 is 0. The molecule has 1 unspecified atom stereocenters. The number of nitrogens with zero attached hydrogens (tertiary/aromatic N) is 2. The summed E-state index contributed by atoms with van der Waals surface area (Å²) in [7, 11) is -0.668. The van der Waals surface area contributed by atoms with E-state index in [1.165, 1.54) is 13.2 Å². The number of phenolic OH excluding ortho intramolecular Hbond substituents is 1. The summed E-state index contributed by atoms with van der Waals surface area (Å²) in [5, 5.41) is 13.9. The first kappa shape index (κ1) is 19.8. The predicted molar refractivity (Wildman–Crippen MR) is 106 cm³/mol. The Kier molecular flexibility index (Phi) is 5.96. The van der Waals surface area contributed by atoms with E-state index in [1.54, 1.807) is 49.7 Å². The van der Waals surface area contributed by atoms with E-state index in [9.17, 15) is 13.5 Å². The number of methoxy groups -OCH3 is 2. The standard InChI is InChI=1S/C19H21N3O5S/c1-26-10-9-15(19-14-5-3-4-6-18(14)28(24,25)22-19)21-20-12-13-7-8-16(23)17(11-13)27-2/h3-8,11-12,15,21,23H,9-10H2,1-2H3/b20-12+. The molecule has 0 radical (unpaired) electrons. The highest BCUT2D eigenvalue weighted by atomic mass is 32.2. The smallest absolute Gasteiger partial charge is 0.283 e. The van der Waals surface area contributed by atoms with Crippen molar-refractivity contribution in [1.82, 2.24) is 5.43 Å². The summed E-state index contributed by atoms with van der Waals surface area (Å²) in [6.07, 6.45) is 2.03. The fourth-order valence-corrected chi connectivity index (χ4v) is 4.14. The first-order valence-electron chi connectivity index (χ1n) is 8.55. The minimum Gasteiger partial charge on any atom is -0.504 e. The number of sulfonamides is 1. The lowest BCUT2D eigenvalue weighted by atomic mass is 10.0. The molecule has 0 aliphatic carbocycles. The molecule has 3 rings (SSSR count). The Hall–Kier alpha value is -2.91. The van der Waals surface area contributed by atoms with Crippen LogP contribution in [-0.2, 0) is 14.8 Å². The number of hydrogen-bond donors (Lipinski definition) is 2. The predicted octanol–water partition coefficient (Wildman–Crippen LogP) is 1.92. The zero-order valence-electron chi connectivity index (χ0n) is 15.5. The van der Waals surface area contributed by atoms with Gasteiger partial charge < -0.3 is 20.0 Å². The molecule has 0 fully saturated rings. The molecule has 9 heteroatoms. The molecule has 2 aromatic rings. The van der Waals surface area contributed by atoms with Crippen LogP contribution in [0, 0.1) is 0 Å². The van der Waals surface area contributed by atoms with Gasteiger partial charge in [-0.2, -0.15) is 17.9 Å². The van der Waals surface area contributed by atoms with Crippen molar-refractivity contribution in [3.8, 4) is 11.5 Å². The monoisotopic (exact) mass is 403 g/mol. The van der Waals surface area contributed by atoms with E-state index in [2.05, 4.69) is 14.9 Å². The summed E-state index contributed by atoms with van der Waals surface area (Å²) in [6, 6.07) is 11.1. The second-order valence-corrected chi connectivity index (χ2v) is 7.67. The third-order valence-corrected chi connectivity index (χ3v) is 5.60. The number of benzene rings is 2. The first-order chi connectivity index (χ1) is 13.5. The van der Waals surface area contributed by atoms with Gasteiger partial charge in [0.2, 0.25) is 0 Å². The average molecular weight is 403 g/mol. The SMILES string of the molecule is COCCC(N/N=C/c1ccc(O)c(OC)c1)C1=NS(=O)(=O)c2ccccc21. The Labute approximate surface area is 163 Å². The average Bonchev–Trinajstić information content (AvgIpc) is 2.97. The van der Waals surface area contributed by atoms with E-state index in [-0.39, 0.29) is 10.6 Å². The summed E-state index contributed by atoms with van der Waals surface area (Å²) in [5.74, 6) is 0.368. The van der Waals surface area contributed by atoms with E-state index in [4.69, 9.17) is 9.47 Å². The summed E-state index contributed by atoms with van der Waals surface area (Å²) in [4.78, 5) is 0.196. The number of phenols is 1. The number of hydrazone groups is 1. The molecule has 0 saturated heterocycles. The normalized spacial score (nSPS) is 15.9. The summed E-state index contributed by atoms with van der Waals surface area (Å²) < 4.78 is 38.8. The number of nitrogens with one attached hydrogen (secondary N) is 1. The highest BCUT2D eigenvalue weighted by molar-refractivity contribution is 7.90. The molecule has 28 heavy (non-hydrogen) atoms. The second-order valence-electron chi connectivity index (χ2n) is 6.10. The molecule has 2 N–H and O–H groups in total. The van der Waals surface area contributed by atoms with E-state index < -0.39 is 16.1 Å². The molecule has 0 amide bonds. The summed E-state index contributed by atoms with van der Waals surface area (Å²) in [6.45, 7) is 0.404. The molecule has 0 bridgehead atoms. The van der Waals surface area contributed by atoms with Gasteiger partial charge in [-0.15, -0.1) is 0 Å². The van der Waals surface area contributed by atoms with Crippen LogP contribution in [-0.4, -0.2) is 52.3 Å². The van der Waals surface area contributed by atoms with Crippen molar-refractivity contribution in [3.05, 3.63) is 53.6 Å². The zero-order chi connectivity index (χ0) is 20.1. The van der Waals surface area contributed by atoms with Gasteiger partial charge in [-0.1, -0.05) is 18.2 Å². The van der Waals surface area contributed by atoms with Gasteiger partial charge in [0.15, 0.2) is 11.5 Å². The molecule has 1 atom stereocenters. The Bertz CT molecular complexity index is 1020. The Morgan fingerprint density at radius 2 is 2.04 bits per heavy atom. The maximum Gasteiger partial charge on any atom is 0.283 e. The number of fused-ring (bicyclic) bond motifs is 1. The lowest BCUT2D eigenvalue weighted by Gasteiger charge is -2.16. The van der Waals surface area contributed by atoms with Crippen LogP contribution in [0.3, 0.4) is 0 Å². The van der Waals surface area contributed by atoms with E-state index in [1.807, 2.05) is 0 Å². The lowest BCUT2D eigenvalue weighted by Crippen LogP contribution is -2.34. The van der Waals surface area contributed by atoms with Crippen LogP contribution in [0.4, 0.5) is 0 Å². The minimum absolute atomic E-state index is 0.0349. The summed E-state index contributed by atoms with van der Waals surface area (Å²) in [5.41, 5.74) is 4.65. The van der Waals surface area contributed by atoms with Crippen LogP contribution in [0.1, 0.15) is 17.5 Å². The third kappa shape index (κ3) is 4.15. The topological polar surface area (TPSA) is 110 Å². The second kappa shape index (κ2) is 8.41. The number of rotatable bonds is 8. The molecule has 1 aliphatic rings. The quantitative estimate of drug-likeness (QED) is 0.515. The van der Waals surface area contributed by atoms with Gasteiger partial charge in [0.1, 0.15) is 0 Å². The van der Waals surface area contributed by atoms with Crippen LogP contribution in [0.15, 0.2) is 56.9 Å². The van der Waals surface area contributed by atoms with Crippen LogP contribution in [0.2, 0.25) is 0 Å². The molecule has 1 aliphatic heterocycles. The first-order valence-corrected chi connectivity index (χ1v) is 9.99. The molecule has 1 heterocycles. The van der Waals surface area contributed by atoms with Crippen molar-refractivity contribution in [3.63, 3.8) is 0 Å². The van der Waals surface area contributed by atoms with Gasteiger partial charge in [0.25, 0.3) is 10.0 Å². The zero-order valence-corrected chi connectivity index (χ0v) is 16.3. The molecule has 0 saturated carbocycles. The highest BCUT2D eigenvalue weighted by Gasteiger charge is 2.32. The third-order valence-electron chi connectivity index (χ3n) is 4.25. The maximum atomic E-state index is 12.3. The Morgan fingerprint density at radius 3 is 2.79 bits per heavy atom. The van der Waals surface area contributed by atoms with Crippen molar-refractivity contribution < 1.29 is 23.0 Å². The molecule has 8 nitrogen and oxygen atoms in total. The van der Waals surface area contributed by atoms with Gasteiger partial charge in [-0.05, 0) is 36.2 Å². The van der Waals surface area contributed by atoms with Crippen LogP contribution in [0.5, 0.6) is 11.5 Å². The number of hydrogen-bond acceptors (Lipinski definition) is 7.